The molecule has 0 heterocycles. The van der Waals surface area contributed by atoms with Gasteiger partial charge in [0.25, 0.3) is 0 Å². The van der Waals surface area contributed by atoms with Crippen LogP contribution in [0.1, 0.15) is 50.6 Å². The second-order valence-corrected chi connectivity index (χ2v) is 5.20. The van der Waals surface area contributed by atoms with E-state index >= 15 is 0 Å². The molecule has 3 atom stereocenters. The van der Waals surface area contributed by atoms with Gasteiger partial charge in [0.2, 0.25) is 0 Å². The fourth-order valence-electron chi connectivity index (χ4n) is 2.77. The molecule has 0 saturated heterocycles. The highest BCUT2D eigenvalue weighted by atomic mass is 19.1. The Kier molecular flexibility index (Phi) is 4.72. The maximum atomic E-state index is 13.2. The van der Waals surface area contributed by atoms with Crippen molar-refractivity contribution in [1.82, 2.24) is 5.32 Å². The van der Waals surface area contributed by atoms with Crippen LogP contribution in [-0.4, -0.2) is 17.3 Å². The average Bonchev–Trinajstić information content (AvgIpc) is 2.36. The molecule has 0 aliphatic heterocycles. The Labute approximate surface area is 108 Å². The van der Waals surface area contributed by atoms with Gasteiger partial charge >= 0.3 is 0 Å². The van der Waals surface area contributed by atoms with Gasteiger partial charge in [-0.15, -0.1) is 0 Å². The summed E-state index contributed by atoms with van der Waals surface area (Å²) in [5, 5.41) is 13.2. The highest BCUT2D eigenvalue weighted by molar-refractivity contribution is 5.20. The highest BCUT2D eigenvalue weighted by Gasteiger charge is 2.22. The fraction of sp³-hybridized carbons (Fsp3) is 0.600. The predicted molar refractivity (Wildman–Crippen MR) is 70.8 cm³/mol. The summed E-state index contributed by atoms with van der Waals surface area (Å²) in [6.07, 6.45) is 4.64. The van der Waals surface area contributed by atoms with Gasteiger partial charge in [-0.1, -0.05) is 19.1 Å². The molecule has 3 heteroatoms. The predicted octanol–water partition coefficient (Wildman–Crippen LogP) is 3.17. The van der Waals surface area contributed by atoms with Gasteiger partial charge in [-0.3, -0.25) is 0 Å². The molecule has 2 rings (SSSR count). The zero-order chi connectivity index (χ0) is 13.0. The molecule has 3 unspecified atom stereocenters. The molecule has 1 aromatic carbocycles. The minimum absolute atomic E-state index is 0.177. The topological polar surface area (TPSA) is 32.3 Å². The first-order valence-corrected chi connectivity index (χ1v) is 6.88. The van der Waals surface area contributed by atoms with E-state index < -0.39 is 0 Å². The molecule has 100 valence electrons. The van der Waals surface area contributed by atoms with Crippen molar-refractivity contribution in [1.29, 1.82) is 0 Å². The minimum atomic E-state index is -0.184. The lowest BCUT2D eigenvalue weighted by Gasteiger charge is -2.30. The van der Waals surface area contributed by atoms with Crippen LogP contribution in [0, 0.1) is 5.82 Å². The number of nitrogens with one attached hydrogen (secondary N) is 1. The van der Waals surface area contributed by atoms with Crippen molar-refractivity contribution in [3.05, 3.63) is 35.6 Å². The molecular formula is C15H22FNO. The zero-order valence-electron chi connectivity index (χ0n) is 10.9. The first-order valence-electron chi connectivity index (χ1n) is 6.88. The summed E-state index contributed by atoms with van der Waals surface area (Å²) in [5.74, 6) is -0.184. The molecule has 2 nitrogen and oxygen atoms in total. The zero-order valence-corrected chi connectivity index (χ0v) is 10.9. The summed E-state index contributed by atoms with van der Waals surface area (Å²) in [6, 6.07) is 7.31. The van der Waals surface area contributed by atoms with E-state index in [1.165, 1.54) is 6.07 Å². The van der Waals surface area contributed by atoms with Gasteiger partial charge in [0, 0.05) is 12.1 Å². The standard InChI is InChI=1S/C15H22FNO/c1-2-15(11-5-3-6-12(16)9-11)17-13-7-4-8-14(18)10-13/h3,5-6,9,13-15,17-18H,2,4,7-8,10H2,1H3. The minimum Gasteiger partial charge on any atom is -0.393 e. The van der Waals surface area contributed by atoms with E-state index in [1.54, 1.807) is 12.1 Å². The van der Waals surface area contributed by atoms with Crippen molar-refractivity contribution in [2.24, 2.45) is 0 Å². The lowest BCUT2D eigenvalue weighted by atomic mass is 9.91. The van der Waals surface area contributed by atoms with Crippen LogP contribution in [0.15, 0.2) is 24.3 Å². The van der Waals surface area contributed by atoms with Gasteiger partial charge in [0.1, 0.15) is 5.82 Å². The number of aliphatic hydroxyl groups is 1. The van der Waals surface area contributed by atoms with Crippen molar-refractivity contribution < 1.29 is 9.50 Å². The molecule has 0 spiro atoms. The maximum absolute atomic E-state index is 13.2. The molecular weight excluding hydrogens is 229 g/mol. The molecule has 18 heavy (non-hydrogen) atoms. The van der Waals surface area contributed by atoms with Gasteiger partial charge in [-0.05, 0) is 49.8 Å². The SMILES string of the molecule is CCC(NC1CCCC(O)C1)c1cccc(F)c1. The van der Waals surface area contributed by atoms with E-state index in [9.17, 15) is 9.50 Å². The van der Waals surface area contributed by atoms with Crippen molar-refractivity contribution in [2.75, 3.05) is 0 Å². The van der Waals surface area contributed by atoms with E-state index in [1.807, 2.05) is 6.07 Å². The number of aliphatic hydroxyl groups excluding tert-OH is 1. The van der Waals surface area contributed by atoms with Crippen LogP contribution in [-0.2, 0) is 0 Å². The quantitative estimate of drug-likeness (QED) is 0.861. The van der Waals surface area contributed by atoms with Crippen LogP contribution in [0.5, 0.6) is 0 Å². The van der Waals surface area contributed by atoms with E-state index in [0.29, 0.717) is 6.04 Å². The lowest BCUT2D eigenvalue weighted by molar-refractivity contribution is 0.108. The molecule has 1 aliphatic rings. The first kappa shape index (κ1) is 13.5. The van der Waals surface area contributed by atoms with Crippen molar-refractivity contribution >= 4 is 0 Å². The summed E-state index contributed by atoms with van der Waals surface area (Å²) in [5.41, 5.74) is 0.998. The third kappa shape index (κ3) is 3.53. The lowest BCUT2D eigenvalue weighted by Crippen LogP contribution is -2.38. The summed E-state index contributed by atoms with van der Waals surface area (Å²) >= 11 is 0. The first-order chi connectivity index (χ1) is 8.69. The number of halogens is 1. The maximum Gasteiger partial charge on any atom is 0.123 e. The van der Waals surface area contributed by atoms with Gasteiger partial charge in [0.15, 0.2) is 0 Å². The number of benzene rings is 1. The average molecular weight is 251 g/mol. The number of hydrogen-bond donors (Lipinski definition) is 2. The van der Waals surface area contributed by atoms with Crippen LogP contribution < -0.4 is 5.32 Å². The molecule has 2 N–H and O–H groups in total. The molecule has 0 bridgehead atoms. The Morgan fingerprint density at radius 1 is 1.44 bits per heavy atom. The van der Waals surface area contributed by atoms with Crippen molar-refractivity contribution in [3.63, 3.8) is 0 Å². The monoisotopic (exact) mass is 251 g/mol. The molecule has 1 aromatic rings. The van der Waals surface area contributed by atoms with Crippen LogP contribution in [0.4, 0.5) is 4.39 Å². The van der Waals surface area contributed by atoms with E-state index in [2.05, 4.69) is 12.2 Å². The van der Waals surface area contributed by atoms with Crippen LogP contribution in [0.25, 0.3) is 0 Å². The summed E-state index contributed by atoms with van der Waals surface area (Å²) < 4.78 is 13.2. The number of hydrogen-bond acceptors (Lipinski definition) is 2. The van der Waals surface area contributed by atoms with E-state index in [0.717, 1.165) is 37.7 Å². The largest absolute Gasteiger partial charge is 0.393 e. The van der Waals surface area contributed by atoms with Crippen LogP contribution in [0.3, 0.4) is 0 Å². The molecule has 0 aromatic heterocycles. The highest BCUT2D eigenvalue weighted by Crippen LogP contribution is 2.24. The molecule has 0 radical (unpaired) electrons. The van der Waals surface area contributed by atoms with Crippen molar-refractivity contribution in [2.45, 2.75) is 57.2 Å². The number of rotatable bonds is 4. The summed E-state index contributed by atoms with van der Waals surface area (Å²) in [4.78, 5) is 0. The molecule has 0 amide bonds. The Bertz CT molecular complexity index is 383. The second-order valence-electron chi connectivity index (χ2n) is 5.20. The van der Waals surface area contributed by atoms with Gasteiger partial charge in [-0.2, -0.15) is 0 Å². The normalized spacial score (nSPS) is 25.9. The third-order valence-corrected chi connectivity index (χ3v) is 3.74. The third-order valence-electron chi connectivity index (χ3n) is 3.74. The smallest absolute Gasteiger partial charge is 0.123 e. The van der Waals surface area contributed by atoms with Crippen molar-refractivity contribution in [3.8, 4) is 0 Å². The fourth-order valence-corrected chi connectivity index (χ4v) is 2.77. The Hall–Kier alpha value is -0.930. The Morgan fingerprint density at radius 3 is 2.94 bits per heavy atom. The molecule has 1 saturated carbocycles. The summed E-state index contributed by atoms with van der Waals surface area (Å²) in [7, 11) is 0. The van der Waals surface area contributed by atoms with Gasteiger partial charge in [-0.25, -0.2) is 4.39 Å². The summed E-state index contributed by atoms with van der Waals surface area (Å²) in [6.45, 7) is 2.10. The Morgan fingerprint density at radius 2 is 2.28 bits per heavy atom. The molecule has 1 aliphatic carbocycles. The van der Waals surface area contributed by atoms with Gasteiger partial charge < -0.3 is 10.4 Å². The molecule has 1 fully saturated rings. The van der Waals surface area contributed by atoms with Crippen LogP contribution >= 0.6 is 0 Å². The second kappa shape index (κ2) is 6.30. The van der Waals surface area contributed by atoms with Crippen LogP contribution in [0.2, 0.25) is 0 Å². The van der Waals surface area contributed by atoms with E-state index in [-0.39, 0.29) is 18.0 Å². The van der Waals surface area contributed by atoms with E-state index in [4.69, 9.17) is 0 Å². The van der Waals surface area contributed by atoms with Gasteiger partial charge in [0.05, 0.1) is 6.10 Å². The Balaban J connectivity index is 2.00.